The zero-order valence-corrected chi connectivity index (χ0v) is 13.4. The number of halogens is 1. The van der Waals surface area contributed by atoms with Gasteiger partial charge in [0.1, 0.15) is 0 Å². The molecule has 0 aliphatic carbocycles. The van der Waals surface area contributed by atoms with Crippen molar-refractivity contribution in [2.45, 2.75) is 39.1 Å². The van der Waals surface area contributed by atoms with Crippen LogP contribution in [0.15, 0.2) is 23.1 Å². The Bertz CT molecular complexity index is 364. The van der Waals surface area contributed by atoms with E-state index in [0.717, 1.165) is 23.9 Å². The summed E-state index contributed by atoms with van der Waals surface area (Å²) in [5, 5.41) is 4.35. The molecule has 1 aromatic carbocycles. The SMILES string of the molecule is CC(C)CNCc1c(Cl)cccc1SCC(C)C. The van der Waals surface area contributed by atoms with Gasteiger partial charge in [-0.1, -0.05) is 45.4 Å². The van der Waals surface area contributed by atoms with Crippen molar-refractivity contribution in [1.29, 1.82) is 0 Å². The first-order valence-electron chi connectivity index (χ1n) is 6.61. The van der Waals surface area contributed by atoms with Gasteiger partial charge in [0.15, 0.2) is 0 Å². The molecule has 3 heteroatoms. The Balaban J connectivity index is 2.67. The van der Waals surface area contributed by atoms with Gasteiger partial charge in [-0.05, 0) is 36.1 Å². The van der Waals surface area contributed by atoms with Crippen LogP contribution >= 0.6 is 23.4 Å². The lowest BCUT2D eigenvalue weighted by molar-refractivity contribution is 0.550. The van der Waals surface area contributed by atoms with E-state index in [1.165, 1.54) is 10.5 Å². The topological polar surface area (TPSA) is 12.0 Å². The van der Waals surface area contributed by atoms with Crippen LogP contribution in [0.4, 0.5) is 0 Å². The Labute approximate surface area is 121 Å². The molecule has 0 radical (unpaired) electrons. The third-order valence-corrected chi connectivity index (χ3v) is 4.38. The molecule has 1 N–H and O–H groups in total. The van der Waals surface area contributed by atoms with Crippen LogP contribution in [0, 0.1) is 11.8 Å². The number of hydrogen-bond acceptors (Lipinski definition) is 2. The average molecular weight is 286 g/mol. The maximum atomic E-state index is 6.31. The van der Waals surface area contributed by atoms with E-state index < -0.39 is 0 Å². The van der Waals surface area contributed by atoms with Crippen LogP contribution in [0.5, 0.6) is 0 Å². The van der Waals surface area contributed by atoms with Gasteiger partial charge in [-0.3, -0.25) is 0 Å². The summed E-state index contributed by atoms with van der Waals surface area (Å²) in [6.07, 6.45) is 0. The molecule has 0 amide bonds. The minimum Gasteiger partial charge on any atom is -0.312 e. The van der Waals surface area contributed by atoms with Crippen molar-refractivity contribution >= 4 is 23.4 Å². The lowest BCUT2D eigenvalue weighted by atomic mass is 10.2. The van der Waals surface area contributed by atoms with Crippen LogP contribution in [0.3, 0.4) is 0 Å². The maximum absolute atomic E-state index is 6.31. The summed E-state index contributed by atoms with van der Waals surface area (Å²) in [6, 6.07) is 6.19. The molecule has 0 atom stereocenters. The first-order chi connectivity index (χ1) is 8.50. The van der Waals surface area contributed by atoms with Crippen LogP contribution in [-0.4, -0.2) is 12.3 Å². The molecule has 0 saturated heterocycles. The summed E-state index contributed by atoms with van der Waals surface area (Å²) < 4.78 is 0. The van der Waals surface area contributed by atoms with Gasteiger partial charge in [-0.2, -0.15) is 0 Å². The van der Waals surface area contributed by atoms with Gasteiger partial charge in [0.25, 0.3) is 0 Å². The quantitative estimate of drug-likeness (QED) is 0.720. The lowest BCUT2D eigenvalue weighted by Crippen LogP contribution is -2.19. The standard InChI is InChI=1S/C15H24ClNS/c1-11(2)8-17-9-13-14(16)6-5-7-15(13)18-10-12(3)4/h5-7,11-12,17H,8-10H2,1-4H3. The second-order valence-electron chi connectivity index (χ2n) is 5.45. The summed E-state index contributed by atoms with van der Waals surface area (Å²) in [6.45, 7) is 10.8. The maximum Gasteiger partial charge on any atom is 0.0462 e. The molecule has 18 heavy (non-hydrogen) atoms. The van der Waals surface area contributed by atoms with Gasteiger partial charge in [0.2, 0.25) is 0 Å². The minimum absolute atomic E-state index is 0.666. The molecule has 0 aromatic heterocycles. The molecule has 0 saturated carbocycles. The van der Waals surface area contributed by atoms with Crippen LogP contribution in [0.25, 0.3) is 0 Å². The molecule has 0 heterocycles. The smallest absolute Gasteiger partial charge is 0.0462 e. The van der Waals surface area contributed by atoms with E-state index >= 15 is 0 Å². The largest absolute Gasteiger partial charge is 0.312 e. The summed E-state index contributed by atoms with van der Waals surface area (Å²) in [5.74, 6) is 2.50. The van der Waals surface area contributed by atoms with E-state index in [2.05, 4.69) is 39.1 Å². The third-order valence-electron chi connectivity index (χ3n) is 2.50. The molecule has 1 rings (SSSR count). The Morgan fingerprint density at radius 3 is 2.50 bits per heavy atom. The van der Waals surface area contributed by atoms with Crippen molar-refractivity contribution in [3.05, 3.63) is 28.8 Å². The van der Waals surface area contributed by atoms with Crippen LogP contribution in [-0.2, 0) is 6.54 Å². The second-order valence-corrected chi connectivity index (χ2v) is 6.92. The highest BCUT2D eigenvalue weighted by molar-refractivity contribution is 7.99. The Kier molecular flexibility index (Phi) is 7.13. The molecule has 0 spiro atoms. The molecular formula is C15H24ClNS. The van der Waals surface area contributed by atoms with E-state index in [1.54, 1.807) is 0 Å². The Hall–Kier alpha value is -0.180. The van der Waals surface area contributed by atoms with E-state index in [0.29, 0.717) is 11.8 Å². The van der Waals surface area contributed by atoms with E-state index in [-0.39, 0.29) is 0 Å². The number of rotatable bonds is 7. The molecule has 1 aromatic rings. The summed E-state index contributed by atoms with van der Waals surface area (Å²) >= 11 is 8.21. The van der Waals surface area contributed by atoms with Gasteiger partial charge in [0.05, 0.1) is 0 Å². The van der Waals surface area contributed by atoms with Gasteiger partial charge in [-0.15, -0.1) is 11.8 Å². The summed E-state index contributed by atoms with van der Waals surface area (Å²) in [4.78, 5) is 1.31. The second kappa shape index (κ2) is 8.08. The number of hydrogen-bond donors (Lipinski definition) is 1. The third kappa shape index (κ3) is 5.64. The average Bonchev–Trinajstić information content (AvgIpc) is 2.28. The highest BCUT2D eigenvalue weighted by Gasteiger charge is 2.08. The predicted octanol–water partition coefficient (Wildman–Crippen LogP) is 4.83. The van der Waals surface area contributed by atoms with Crippen molar-refractivity contribution in [1.82, 2.24) is 5.32 Å². The minimum atomic E-state index is 0.666. The zero-order valence-electron chi connectivity index (χ0n) is 11.8. The van der Waals surface area contributed by atoms with Crippen LogP contribution in [0.2, 0.25) is 5.02 Å². The summed E-state index contributed by atoms with van der Waals surface area (Å²) in [5.41, 5.74) is 1.24. The zero-order chi connectivity index (χ0) is 13.5. The van der Waals surface area contributed by atoms with Gasteiger partial charge in [-0.25, -0.2) is 0 Å². The molecule has 0 aliphatic heterocycles. The van der Waals surface area contributed by atoms with Crippen molar-refractivity contribution in [2.75, 3.05) is 12.3 Å². The van der Waals surface area contributed by atoms with Crippen LogP contribution < -0.4 is 5.32 Å². The van der Waals surface area contributed by atoms with Crippen molar-refractivity contribution in [3.8, 4) is 0 Å². The Morgan fingerprint density at radius 2 is 1.89 bits per heavy atom. The van der Waals surface area contributed by atoms with Crippen molar-refractivity contribution in [3.63, 3.8) is 0 Å². The van der Waals surface area contributed by atoms with Gasteiger partial charge < -0.3 is 5.32 Å². The molecule has 0 bridgehead atoms. The fourth-order valence-corrected chi connectivity index (χ4v) is 2.93. The molecule has 0 unspecified atom stereocenters. The molecule has 0 aliphatic rings. The highest BCUT2D eigenvalue weighted by atomic mass is 35.5. The normalized spacial score (nSPS) is 11.5. The highest BCUT2D eigenvalue weighted by Crippen LogP contribution is 2.29. The van der Waals surface area contributed by atoms with E-state index in [9.17, 15) is 0 Å². The molecule has 1 nitrogen and oxygen atoms in total. The number of thioether (sulfide) groups is 1. The van der Waals surface area contributed by atoms with E-state index in [4.69, 9.17) is 11.6 Å². The summed E-state index contributed by atoms with van der Waals surface area (Å²) in [7, 11) is 0. The number of benzene rings is 1. The van der Waals surface area contributed by atoms with Crippen LogP contribution in [0.1, 0.15) is 33.3 Å². The monoisotopic (exact) mass is 285 g/mol. The fraction of sp³-hybridized carbons (Fsp3) is 0.600. The van der Waals surface area contributed by atoms with Crippen molar-refractivity contribution < 1.29 is 0 Å². The first kappa shape index (κ1) is 15.9. The van der Waals surface area contributed by atoms with Gasteiger partial charge in [0, 0.05) is 22.2 Å². The Morgan fingerprint density at radius 1 is 1.17 bits per heavy atom. The molecular weight excluding hydrogens is 262 g/mol. The number of nitrogens with one attached hydrogen (secondary N) is 1. The van der Waals surface area contributed by atoms with E-state index in [1.807, 2.05) is 23.9 Å². The lowest BCUT2D eigenvalue weighted by Gasteiger charge is -2.14. The predicted molar refractivity (Wildman–Crippen MR) is 83.6 cm³/mol. The van der Waals surface area contributed by atoms with Gasteiger partial charge >= 0.3 is 0 Å². The molecule has 0 fully saturated rings. The van der Waals surface area contributed by atoms with Crippen molar-refractivity contribution in [2.24, 2.45) is 11.8 Å². The first-order valence-corrected chi connectivity index (χ1v) is 7.98. The molecule has 102 valence electrons. The fourth-order valence-electron chi connectivity index (χ4n) is 1.59.